The van der Waals surface area contributed by atoms with Crippen LogP contribution in [0.15, 0.2) is 66.7 Å². The first-order valence-corrected chi connectivity index (χ1v) is 11.5. The van der Waals surface area contributed by atoms with Gasteiger partial charge in [-0.3, -0.25) is 0 Å². The number of carboxylic acid groups (broad SMARTS) is 1. The molecule has 0 radical (unpaired) electrons. The number of aromatic nitrogens is 2. The van der Waals surface area contributed by atoms with E-state index in [-0.39, 0.29) is 5.56 Å². The van der Waals surface area contributed by atoms with Gasteiger partial charge in [0.15, 0.2) is 0 Å². The molecule has 0 saturated heterocycles. The number of nitrogens with zero attached hydrogens (tertiary/aromatic N) is 2. The Morgan fingerprint density at radius 2 is 1.80 bits per heavy atom. The zero-order valence-electron chi connectivity index (χ0n) is 20.3. The van der Waals surface area contributed by atoms with Gasteiger partial charge in [-0.25, -0.2) is 9.48 Å². The van der Waals surface area contributed by atoms with Crippen LogP contribution in [0.3, 0.4) is 0 Å². The average Bonchev–Trinajstić information content (AvgIpc) is 3.18. The average molecular weight is 472 g/mol. The fourth-order valence-corrected chi connectivity index (χ4v) is 4.02. The van der Waals surface area contributed by atoms with Gasteiger partial charge in [0, 0.05) is 5.56 Å². The summed E-state index contributed by atoms with van der Waals surface area (Å²) in [6.07, 6.45) is 0.884. The second kappa shape index (κ2) is 10.3. The minimum absolute atomic E-state index is 0.0982. The van der Waals surface area contributed by atoms with Crippen molar-refractivity contribution in [2.75, 3.05) is 19.0 Å². The summed E-state index contributed by atoms with van der Waals surface area (Å²) in [5.74, 6) is 0.809. The van der Waals surface area contributed by atoms with Crippen LogP contribution in [0.25, 0.3) is 16.8 Å². The Morgan fingerprint density at radius 1 is 1.06 bits per heavy atom. The summed E-state index contributed by atoms with van der Waals surface area (Å²) in [6, 6.07) is 20.7. The summed E-state index contributed by atoms with van der Waals surface area (Å²) in [4.78, 5) is 12.1. The van der Waals surface area contributed by atoms with E-state index in [4.69, 9.17) is 14.6 Å². The normalized spacial score (nSPS) is 10.7. The maximum atomic E-state index is 12.1. The zero-order valence-corrected chi connectivity index (χ0v) is 20.3. The summed E-state index contributed by atoms with van der Waals surface area (Å²) in [6.45, 7) is 6.61. The van der Waals surface area contributed by atoms with Crippen molar-refractivity contribution in [2.24, 2.45) is 0 Å². The molecule has 180 valence electrons. The van der Waals surface area contributed by atoms with E-state index in [1.807, 2.05) is 67.1 Å². The highest BCUT2D eigenvalue weighted by Gasteiger charge is 2.23. The molecule has 0 aliphatic rings. The van der Waals surface area contributed by atoms with Crippen LogP contribution < -0.4 is 14.8 Å². The summed E-state index contributed by atoms with van der Waals surface area (Å²) in [5.41, 5.74) is 4.96. The maximum absolute atomic E-state index is 12.1. The summed E-state index contributed by atoms with van der Waals surface area (Å²) >= 11 is 0. The van der Waals surface area contributed by atoms with Gasteiger partial charge in [0.05, 0.1) is 41.9 Å². The Bertz CT molecular complexity index is 1360. The molecular weight excluding hydrogens is 442 g/mol. The Kier molecular flexibility index (Phi) is 7.06. The monoisotopic (exact) mass is 471 g/mol. The Morgan fingerprint density at radius 3 is 2.51 bits per heavy atom. The molecule has 0 aliphatic heterocycles. The number of benzene rings is 3. The van der Waals surface area contributed by atoms with E-state index in [1.165, 1.54) is 13.2 Å². The molecule has 1 aromatic heterocycles. The topological polar surface area (TPSA) is 85.6 Å². The third-order valence-corrected chi connectivity index (χ3v) is 5.73. The molecule has 0 bridgehead atoms. The van der Waals surface area contributed by atoms with Crippen LogP contribution in [0, 0.1) is 13.8 Å². The van der Waals surface area contributed by atoms with Gasteiger partial charge < -0.3 is 19.9 Å². The van der Waals surface area contributed by atoms with Crippen molar-refractivity contribution in [1.29, 1.82) is 0 Å². The van der Waals surface area contributed by atoms with Crippen LogP contribution in [0.4, 0.5) is 11.5 Å². The SMILES string of the molecule is CCCOc1ccccc1-c1c(C)nn(-c2ccccc2C)c1Nc1ccc(OC)cc1C(=O)O. The second-order valence-electron chi connectivity index (χ2n) is 8.19. The first-order valence-electron chi connectivity index (χ1n) is 11.5. The van der Waals surface area contributed by atoms with Crippen LogP contribution >= 0.6 is 0 Å². The lowest BCUT2D eigenvalue weighted by Gasteiger charge is -2.17. The van der Waals surface area contributed by atoms with E-state index in [2.05, 4.69) is 12.2 Å². The maximum Gasteiger partial charge on any atom is 0.337 e. The molecule has 0 aliphatic carbocycles. The van der Waals surface area contributed by atoms with Gasteiger partial charge in [-0.05, 0) is 56.2 Å². The van der Waals surface area contributed by atoms with E-state index in [9.17, 15) is 9.90 Å². The molecular formula is C28H29N3O4. The molecule has 1 heterocycles. The number of rotatable bonds is 9. The highest BCUT2D eigenvalue weighted by Crippen LogP contribution is 2.41. The Labute approximate surface area is 204 Å². The minimum atomic E-state index is -1.06. The third kappa shape index (κ3) is 4.84. The molecule has 4 aromatic rings. The largest absolute Gasteiger partial charge is 0.497 e. The molecule has 0 fully saturated rings. The lowest BCUT2D eigenvalue weighted by Crippen LogP contribution is -2.08. The second-order valence-corrected chi connectivity index (χ2v) is 8.19. The van der Waals surface area contributed by atoms with Gasteiger partial charge in [0.25, 0.3) is 0 Å². The molecule has 0 atom stereocenters. The van der Waals surface area contributed by atoms with Crippen molar-refractivity contribution in [3.8, 4) is 28.3 Å². The van der Waals surface area contributed by atoms with E-state index in [0.29, 0.717) is 23.9 Å². The Balaban J connectivity index is 1.96. The molecule has 0 unspecified atom stereocenters. The number of hydrogen-bond acceptors (Lipinski definition) is 5. The van der Waals surface area contributed by atoms with E-state index in [0.717, 1.165) is 40.2 Å². The lowest BCUT2D eigenvalue weighted by molar-refractivity contribution is 0.0697. The number of aromatic carboxylic acids is 1. The number of carbonyl (C=O) groups is 1. The standard InChI is InChI=1S/C28H29N3O4/c1-5-16-35-25-13-9-7-11-21(25)26-19(3)30-31(24-12-8-6-10-18(24)2)27(26)29-23-15-14-20(34-4)17-22(23)28(32)33/h6-15,17,29H,5,16H2,1-4H3,(H,32,33). The molecule has 7 heteroatoms. The van der Waals surface area contributed by atoms with Gasteiger partial charge in [-0.1, -0.05) is 43.3 Å². The number of nitrogens with one attached hydrogen (secondary N) is 1. The minimum Gasteiger partial charge on any atom is -0.497 e. The zero-order chi connectivity index (χ0) is 24.9. The van der Waals surface area contributed by atoms with Crippen LogP contribution in [-0.4, -0.2) is 34.6 Å². The molecule has 3 aromatic carbocycles. The quantitative estimate of drug-likeness (QED) is 0.294. The van der Waals surface area contributed by atoms with Crippen molar-refractivity contribution in [2.45, 2.75) is 27.2 Å². The van der Waals surface area contributed by atoms with Gasteiger partial charge in [0.2, 0.25) is 0 Å². The molecule has 7 nitrogen and oxygen atoms in total. The van der Waals surface area contributed by atoms with E-state index < -0.39 is 5.97 Å². The number of para-hydroxylation sites is 2. The van der Waals surface area contributed by atoms with Crippen molar-refractivity contribution in [3.63, 3.8) is 0 Å². The third-order valence-electron chi connectivity index (χ3n) is 5.73. The highest BCUT2D eigenvalue weighted by atomic mass is 16.5. The van der Waals surface area contributed by atoms with Gasteiger partial charge in [-0.15, -0.1) is 0 Å². The number of ether oxygens (including phenoxy) is 2. The molecule has 2 N–H and O–H groups in total. The first kappa shape index (κ1) is 23.9. The lowest BCUT2D eigenvalue weighted by atomic mass is 10.0. The summed E-state index contributed by atoms with van der Waals surface area (Å²) in [5, 5.41) is 18.1. The van der Waals surface area contributed by atoms with Crippen LogP contribution in [0.5, 0.6) is 11.5 Å². The Hall–Kier alpha value is -4.26. The van der Waals surface area contributed by atoms with Crippen LogP contribution in [-0.2, 0) is 0 Å². The predicted molar refractivity (Wildman–Crippen MR) is 137 cm³/mol. The predicted octanol–water partition coefficient (Wildman–Crippen LogP) is 6.40. The van der Waals surface area contributed by atoms with Gasteiger partial charge >= 0.3 is 5.97 Å². The molecule has 0 amide bonds. The van der Waals surface area contributed by atoms with Crippen molar-refractivity contribution in [1.82, 2.24) is 9.78 Å². The van der Waals surface area contributed by atoms with E-state index >= 15 is 0 Å². The van der Waals surface area contributed by atoms with Crippen LogP contribution in [0.1, 0.15) is 35.0 Å². The van der Waals surface area contributed by atoms with E-state index in [1.54, 1.807) is 12.1 Å². The number of aryl methyl sites for hydroxylation is 2. The molecule has 35 heavy (non-hydrogen) atoms. The fraction of sp³-hybridized carbons (Fsp3) is 0.214. The van der Waals surface area contributed by atoms with Crippen molar-refractivity contribution >= 4 is 17.5 Å². The van der Waals surface area contributed by atoms with Gasteiger partial charge in [0.1, 0.15) is 17.3 Å². The van der Waals surface area contributed by atoms with Gasteiger partial charge in [-0.2, -0.15) is 5.10 Å². The number of carboxylic acids is 1. The van der Waals surface area contributed by atoms with Crippen molar-refractivity contribution < 1.29 is 19.4 Å². The first-order chi connectivity index (χ1) is 16.9. The summed E-state index contributed by atoms with van der Waals surface area (Å²) in [7, 11) is 1.51. The van der Waals surface area contributed by atoms with Crippen molar-refractivity contribution in [3.05, 3.63) is 83.6 Å². The number of methoxy groups -OCH3 is 1. The molecule has 0 saturated carbocycles. The van der Waals surface area contributed by atoms with Crippen LogP contribution in [0.2, 0.25) is 0 Å². The fourth-order valence-electron chi connectivity index (χ4n) is 4.02. The summed E-state index contributed by atoms with van der Waals surface area (Å²) < 4.78 is 13.1. The molecule has 4 rings (SSSR count). The highest BCUT2D eigenvalue weighted by molar-refractivity contribution is 5.97. The molecule has 0 spiro atoms. The number of hydrogen-bond donors (Lipinski definition) is 2. The number of anilines is 2. The smallest absolute Gasteiger partial charge is 0.337 e.